The third-order valence-electron chi connectivity index (χ3n) is 2.50. The van der Waals surface area contributed by atoms with Crippen molar-refractivity contribution in [2.45, 2.75) is 25.3 Å². The van der Waals surface area contributed by atoms with Crippen LogP contribution < -0.4 is 11.1 Å². The van der Waals surface area contributed by atoms with E-state index in [9.17, 15) is 4.79 Å². The Kier molecular flexibility index (Phi) is 4.28. The van der Waals surface area contributed by atoms with Gasteiger partial charge < -0.3 is 15.8 Å². The third-order valence-corrected chi connectivity index (χ3v) is 2.81. The van der Waals surface area contributed by atoms with E-state index < -0.39 is 0 Å². The van der Waals surface area contributed by atoms with E-state index in [1.54, 1.807) is 0 Å². The Hall–Kier alpha value is -0.680. The van der Waals surface area contributed by atoms with Crippen LogP contribution in [0.3, 0.4) is 0 Å². The molecule has 0 aromatic heterocycles. The molecule has 1 aliphatic rings. The van der Waals surface area contributed by atoms with Crippen LogP contribution in [-0.2, 0) is 9.53 Å². The molecule has 5 heteroatoms. The molecule has 80 valence electrons. The topological polar surface area (TPSA) is 64.3 Å². The second-order valence-corrected chi connectivity index (χ2v) is 4.02. The summed E-state index contributed by atoms with van der Waals surface area (Å²) in [5, 5.41) is 2.88. The van der Waals surface area contributed by atoms with Crippen molar-refractivity contribution in [2.75, 3.05) is 13.7 Å². The number of ether oxygens (including phenoxy) is 1. The minimum absolute atomic E-state index is 0.0966. The van der Waals surface area contributed by atoms with Gasteiger partial charge in [-0.25, -0.2) is 0 Å². The smallest absolute Gasteiger partial charge is 0.246 e. The molecular weight excluding hydrogens is 200 g/mol. The van der Waals surface area contributed by atoms with Crippen LogP contribution in [0.1, 0.15) is 19.3 Å². The lowest BCUT2D eigenvalue weighted by Gasteiger charge is -2.19. The lowest BCUT2D eigenvalue weighted by Crippen LogP contribution is -2.43. The highest BCUT2D eigenvalue weighted by Gasteiger charge is 2.30. The summed E-state index contributed by atoms with van der Waals surface area (Å²) in [6.07, 6.45) is 3.00. The molecule has 14 heavy (non-hydrogen) atoms. The van der Waals surface area contributed by atoms with E-state index in [4.69, 9.17) is 22.7 Å². The molecule has 1 amide bonds. The Balaban J connectivity index is 2.43. The van der Waals surface area contributed by atoms with Gasteiger partial charge in [-0.05, 0) is 12.8 Å². The quantitative estimate of drug-likeness (QED) is 0.659. The van der Waals surface area contributed by atoms with E-state index in [0.717, 1.165) is 19.3 Å². The summed E-state index contributed by atoms with van der Waals surface area (Å²) >= 11 is 4.95. The van der Waals surface area contributed by atoms with E-state index in [1.165, 1.54) is 7.11 Å². The van der Waals surface area contributed by atoms with Gasteiger partial charge >= 0.3 is 0 Å². The molecule has 0 spiro atoms. The fourth-order valence-electron chi connectivity index (χ4n) is 1.85. The van der Waals surface area contributed by atoms with Crippen LogP contribution in [-0.4, -0.2) is 30.7 Å². The largest absolute Gasteiger partial charge is 0.393 e. The zero-order valence-corrected chi connectivity index (χ0v) is 9.10. The van der Waals surface area contributed by atoms with E-state index in [2.05, 4.69) is 5.32 Å². The molecule has 3 N–H and O–H groups in total. The number of carbonyl (C=O) groups is 1. The summed E-state index contributed by atoms with van der Waals surface area (Å²) in [6.45, 7) is 0.0978. The number of rotatable bonds is 4. The second kappa shape index (κ2) is 5.26. The second-order valence-electron chi connectivity index (χ2n) is 3.55. The number of hydrogen-bond donors (Lipinski definition) is 2. The van der Waals surface area contributed by atoms with E-state index in [1.807, 2.05) is 0 Å². The van der Waals surface area contributed by atoms with Crippen LogP contribution >= 0.6 is 12.2 Å². The van der Waals surface area contributed by atoms with Gasteiger partial charge in [-0.2, -0.15) is 0 Å². The fourth-order valence-corrected chi connectivity index (χ4v) is 2.14. The molecule has 1 aliphatic carbocycles. The average molecular weight is 216 g/mol. The standard InChI is InChI=1S/C9H16N2O2S/c1-13-5-8(12)11-7-4-2-3-6(7)9(10)14/h6-7H,2-5H2,1H3,(H2,10,14)(H,11,12). The highest BCUT2D eigenvalue weighted by molar-refractivity contribution is 7.80. The number of carbonyl (C=O) groups excluding carboxylic acids is 1. The van der Waals surface area contributed by atoms with Crippen molar-refractivity contribution in [3.8, 4) is 0 Å². The van der Waals surface area contributed by atoms with Crippen molar-refractivity contribution in [3.05, 3.63) is 0 Å². The number of hydrogen-bond acceptors (Lipinski definition) is 3. The number of nitrogens with two attached hydrogens (primary N) is 1. The summed E-state index contributed by atoms with van der Waals surface area (Å²) in [5.41, 5.74) is 5.59. The Morgan fingerprint density at radius 2 is 2.36 bits per heavy atom. The molecule has 1 fully saturated rings. The first-order chi connectivity index (χ1) is 6.65. The summed E-state index contributed by atoms with van der Waals surface area (Å²) < 4.78 is 4.73. The summed E-state index contributed by atoms with van der Waals surface area (Å²) in [4.78, 5) is 11.8. The molecule has 0 saturated heterocycles. The van der Waals surface area contributed by atoms with Gasteiger partial charge in [0.1, 0.15) is 6.61 Å². The highest BCUT2D eigenvalue weighted by Crippen LogP contribution is 2.25. The molecule has 0 bridgehead atoms. The number of methoxy groups -OCH3 is 1. The van der Waals surface area contributed by atoms with Crippen molar-refractivity contribution in [1.29, 1.82) is 0 Å². The van der Waals surface area contributed by atoms with Crippen LogP contribution in [0.2, 0.25) is 0 Å². The molecule has 1 saturated carbocycles. The van der Waals surface area contributed by atoms with Crippen LogP contribution in [0.15, 0.2) is 0 Å². The number of amides is 1. The fraction of sp³-hybridized carbons (Fsp3) is 0.778. The van der Waals surface area contributed by atoms with Gasteiger partial charge in [0.05, 0.1) is 4.99 Å². The first-order valence-electron chi connectivity index (χ1n) is 4.72. The van der Waals surface area contributed by atoms with E-state index in [-0.39, 0.29) is 24.5 Å². The van der Waals surface area contributed by atoms with Crippen LogP contribution in [0.5, 0.6) is 0 Å². The Bertz CT molecular complexity index is 233. The molecule has 4 nitrogen and oxygen atoms in total. The van der Waals surface area contributed by atoms with Crippen molar-refractivity contribution < 1.29 is 9.53 Å². The zero-order valence-electron chi connectivity index (χ0n) is 8.29. The van der Waals surface area contributed by atoms with Crippen LogP contribution in [0.4, 0.5) is 0 Å². The maximum absolute atomic E-state index is 11.2. The normalized spacial score (nSPS) is 26.1. The molecule has 1 rings (SSSR count). The Morgan fingerprint density at radius 1 is 1.64 bits per heavy atom. The number of nitrogens with one attached hydrogen (secondary N) is 1. The number of thiocarbonyl (C=S) groups is 1. The summed E-state index contributed by atoms with van der Waals surface area (Å²) in [6, 6.07) is 0.107. The van der Waals surface area contributed by atoms with Gasteiger partial charge in [0.15, 0.2) is 0 Å². The molecular formula is C9H16N2O2S. The van der Waals surface area contributed by atoms with Crippen LogP contribution in [0, 0.1) is 5.92 Å². The molecule has 0 aliphatic heterocycles. The first-order valence-corrected chi connectivity index (χ1v) is 5.13. The lowest BCUT2D eigenvalue weighted by atomic mass is 10.0. The van der Waals surface area contributed by atoms with Gasteiger partial charge in [0.25, 0.3) is 0 Å². The monoisotopic (exact) mass is 216 g/mol. The molecule has 0 aromatic carbocycles. The summed E-state index contributed by atoms with van der Waals surface area (Å²) in [7, 11) is 1.50. The molecule has 0 heterocycles. The average Bonchev–Trinajstić information content (AvgIpc) is 2.52. The SMILES string of the molecule is COCC(=O)NC1CCCC1C(N)=S. The minimum atomic E-state index is -0.0966. The highest BCUT2D eigenvalue weighted by atomic mass is 32.1. The van der Waals surface area contributed by atoms with Crippen LogP contribution in [0.25, 0.3) is 0 Å². The predicted octanol–water partition coefficient (Wildman–Crippen LogP) is 0.204. The van der Waals surface area contributed by atoms with E-state index in [0.29, 0.717) is 4.99 Å². The third kappa shape index (κ3) is 2.92. The molecule has 2 atom stereocenters. The predicted molar refractivity (Wildman–Crippen MR) is 57.9 cm³/mol. The van der Waals surface area contributed by atoms with Crippen molar-refractivity contribution >= 4 is 23.1 Å². The first kappa shape index (κ1) is 11.4. The zero-order chi connectivity index (χ0) is 10.6. The lowest BCUT2D eigenvalue weighted by molar-refractivity contribution is -0.125. The summed E-state index contributed by atoms with van der Waals surface area (Å²) in [5.74, 6) is 0.0615. The van der Waals surface area contributed by atoms with E-state index >= 15 is 0 Å². The Morgan fingerprint density at radius 3 is 2.93 bits per heavy atom. The van der Waals surface area contributed by atoms with Crippen molar-refractivity contribution in [1.82, 2.24) is 5.32 Å². The van der Waals surface area contributed by atoms with Gasteiger partial charge in [-0.3, -0.25) is 4.79 Å². The minimum Gasteiger partial charge on any atom is -0.393 e. The maximum atomic E-state index is 11.2. The van der Waals surface area contributed by atoms with Crippen molar-refractivity contribution in [2.24, 2.45) is 11.7 Å². The van der Waals surface area contributed by atoms with Crippen molar-refractivity contribution in [3.63, 3.8) is 0 Å². The van der Waals surface area contributed by atoms with Gasteiger partial charge in [-0.15, -0.1) is 0 Å². The Labute approximate surface area is 89.2 Å². The molecule has 0 aromatic rings. The molecule has 0 radical (unpaired) electrons. The van der Waals surface area contributed by atoms with Gasteiger partial charge in [0.2, 0.25) is 5.91 Å². The van der Waals surface area contributed by atoms with Gasteiger partial charge in [-0.1, -0.05) is 18.6 Å². The molecule has 2 unspecified atom stereocenters. The van der Waals surface area contributed by atoms with Gasteiger partial charge in [0, 0.05) is 19.1 Å². The maximum Gasteiger partial charge on any atom is 0.246 e.